The van der Waals surface area contributed by atoms with E-state index in [-0.39, 0.29) is 0 Å². The molecule has 0 amide bonds. The minimum atomic E-state index is 0.424. The van der Waals surface area contributed by atoms with Gasteiger partial charge in [-0.1, -0.05) is 23.7 Å². The van der Waals surface area contributed by atoms with Crippen LogP contribution in [0.15, 0.2) is 42.9 Å². The van der Waals surface area contributed by atoms with Gasteiger partial charge >= 0.3 is 0 Å². The maximum absolute atomic E-state index is 6.13. The lowest BCUT2D eigenvalue weighted by Gasteiger charge is -2.20. The molecule has 0 aliphatic carbocycles. The third-order valence-electron chi connectivity index (χ3n) is 5.24. The van der Waals surface area contributed by atoms with Gasteiger partial charge in [-0.05, 0) is 37.3 Å². The lowest BCUT2D eigenvalue weighted by atomic mass is 9.94. The summed E-state index contributed by atoms with van der Waals surface area (Å²) in [6, 6.07) is 8.52. The Hall–Kier alpha value is -1.89. The highest BCUT2D eigenvalue weighted by Crippen LogP contribution is 2.28. The predicted octanol–water partition coefficient (Wildman–Crippen LogP) is 2.66. The average Bonchev–Trinajstić information content (AvgIpc) is 3.33. The molecule has 2 fully saturated rings. The van der Waals surface area contributed by atoms with Crippen molar-refractivity contribution >= 4 is 17.4 Å². The first-order valence-electron chi connectivity index (χ1n) is 9.19. The first-order chi connectivity index (χ1) is 12.8. The Kier molecular flexibility index (Phi) is 5.53. The van der Waals surface area contributed by atoms with Gasteiger partial charge < -0.3 is 9.64 Å². The highest BCUT2D eigenvalue weighted by molar-refractivity contribution is 6.32. The molecule has 138 valence electrons. The third kappa shape index (κ3) is 4.09. The summed E-state index contributed by atoms with van der Waals surface area (Å²) in [5, 5.41) is 0.665. The van der Waals surface area contributed by atoms with E-state index in [1.807, 2.05) is 30.5 Å². The Morgan fingerprint density at radius 2 is 2.15 bits per heavy atom. The summed E-state index contributed by atoms with van der Waals surface area (Å²) < 4.78 is 5.81. The molecule has 26 heavy (non-hydrogen) atoms. The number of anilines is 1. The largest absolute Gasteiger partial charge is 0.492 e. The first-order valence-corrected chi connectivity index (χ1v) is 9.57. The zero-order valence-electron chi connectivity index (χ0n) is 14.6. The van der Waals surface area contributed by atoms with Gasteiger partial charge in [-0.15, -0.1) is 0 Å². The normalized spacial score (nSPS) is 25.6. The van der Waals surface area contributed by atoms with Gasteiger partial charge in [0.05, 0.1) is 17.8 Å². The van der Waals surface area contributed by atoms with Crippen LogP contribution < -0.4 is 20.5 Å². The van der Waals surface area contributed by atoms with Crippen molar-refractivity contribution in [1.82, 2.24) is 20.8 Å². The summed E-state index contributed by atoms with van der Waals surface area (Å²) in [5.41, 5.74) is 6.92. The van der Waals surface area contributed by atoms with Gasteiger partial charge in [0.1, 0.15) is 11.6 Å². The molecule has 4 rings (SSSR count). The molecule has 1 aromatic heterocycles. The quantitative estimate of drug-likeness (QED) is 0.811. The molecule has 2 saturated heterocycles. The van der Waals surface area contributed by atoms with Crippen LogP contribution in [0.3, 0.4) is 0 Å². The molecule has 2 N–H and O–H groups in total. The Morgan fingerprint density at radius 3 is 3.00 bits per heavy atom. The molecule has 2 aromatic rings. The fraction of sp³-hybridized carbons (Fsp3) is 0.474. The van der Waals surface area contributed by atoms with E-state index in [0.29, 0.717) is 29.6 Å². The van der Waals surface area contributed by atoms with Gasteiger partial charge in [-0.3, -0.25) is 15.8 Å². The van der Waals surface area contributed by atoms with Crippen LogP contribution in [0.5, 0.6) is 5.75 Å². The molecule has 2 aliphatic heterocycles. The van der Waals surface area contributed by atoms with E-state index in [2.05, 4.69) is 25.7 Å². The van der Waals surface area contributed by atoms with Crippen LogP contribution in [0.4, 0.5) is 5.82 Å². The first kappa shape index (κ1) is 17.5. The van der Waals surface area contributed by atoms with Gasteiger partial charge in [-0.25, -0.2) is 4.98 Å². The summed E-state index contributed by atoms with van der Waals surface area (Å²) in [4.78, 5) is 10.9. The van der Waals surface area contributed by atoms with Crippen LogP contribution in [-0.4, -0.2) is 41.7 Å². The van der Waals surface area contributed by atoms with Crippen molar-refractivity contribution in [2.24, 2.45) is 5.92 Å². The molecule has 7 heteroatoms. The van der Waals surface area contributed by atoms with Crippen molar-refractivity contribution in [3.05, 3.63) is 47.9 Å². The molecule has 3 atom stereocenters. The van der Waals surface area contributed by atoms with Crippen molar-refractivity contribution in [2.75, 3.05) is 24.6 Å². The number of benzene rings is 1. The summed E-state index contributed by atoms with van der Waals surface area (Å²) in [5.74, 6) is 2.36. The standard InChI is InChI=1S/C19H24ClN5O/c20-16-3-1-2-4-18(16)26-10-6-15-11-17(24-23-15)14-5-9-25(13-14)19-12-21-7-8-22-19/h1-4,7-8,12,14-15,17,23-24H,5-6,9-11,13H2. The number of para-hydroxylation sites is 1. The van der Waals surface area contributed by atoms with E-state index >= 15 is 0 Å². The van der Waals surface area contributed by atoms with Crippen molar-refractivity contribution in [3.63, 3.8) is 0 Å². The fourth-order valence-electron chi connectivity index (χ4n) is 3.80. The zero-order valence-corrected chi connectivity index (χ0v) is 15.4. The molecule has 2 aliphatic rings. The minimum absolute atomic E-state index is 0.424. The monoisotopic (exact) mass is 373 g/mol. The third-order valence-corrected chi connectivity index (χ3v) is 5.55. The molecule has 0 radical (unpaired) electrons. The molecular formula is C19H24ClN5O. The van der Waals surface area contributed by atoms with Crippen LogP contribution in [-0.2, 0) is 0 Å². The van der Waals surface area contributed by atoms with Gasteiger partial charge in [0.2, 0.25) is 0 Å². The molecule has 0 bridgehead atoms. The Morgan fingerprint density at radius 1 is 1.23 bits per heavy atom. The lowest BCUT2D eigenvalue weighted by molar-refractivity contribution is 0.290. The number of nitrogens with zero attached hydrogens (tertiary/aromatic N) is 3. The molecule has 3 unspecified atom stereocenters. The van der Waals surface area contributed by atoms with Gasteiger partial charge in [-0.2, -0.15) is 0 Å². The smallest absolute Gasteiger partial charge is 0.147 e. The Labute approximate surface area is 158 Å². The number of ether oxygens (including phenoxy) is 1. The topological polar surface area (TPSA) is 62.3 Å². The fourth-order valence-corrected chi connectivity index (χ4v) is 3.99. The van der Waals surface area contributed by atoms with E-state index in [9.17, 15) is 0 Å². The number of hydrogen-bond donors (Lipinski definition) is 2. The number of aromatic nitrogens is 2. The second-order valence-electron chi connectivity index (χ2n) is 6.95. The second-order valence-corrected chi connectivity index (χ2v) is 7.36. The number of hydrogen-bond acceptors (Lipinski definition) is 6. The van der Waals surface area contributed by atoms with E-state index in [4.69, 9.17) is 16.3 Å². The van der Waals surface area contributed by atoms with Crippen LogP contribution in [0.2, 0.25) is 5.02 Å². The van der Waals surface area contributed by atoms with Gasteiger partial charge in [0.25, 0.3) is 0 Å². The molecule has 0 saturated carbocycles. The van der Waals surface area contributed by atoms with Crippen molar-refractivity contribution < 1.29 is 4.74 Å². The maximum Gasteiger partial charge on any atom is 0.147 e. The maximum atomic E-state index is 6.13. The van der Waals surface area contributed by atoms with Crippen LogP contribution in [0.25, 0.3) is 0 Å². The number of nitrogens with one attached hydrogen (secondary N) is 2. The van der Waals surface area contributed by atoms with E-state index < -0.39 is 0 Å². The minimum Gasteiger partial charge on any atom is -0.492 e. The second kappa shape index (κ2) is 8.20. The van der Waals surface area contributed by atoms with E-state index in [1.54, 1.807) is 12.4 Å². The van der Waals surface area contributed by atoms with Gasteiger partial charge in [0.15, 0.2) is 0 Å². The van der Waals surface area contributed by atoms with Crippen molar-refractivity contribution in [2.45, 2.75) is 31.3 Å². The van der Waals surface area contributed by atoms with Crippen LogP contribution in [0, 0.1) is 5.92 Å². The molecule has 3 heterocycles. The van der Waals surface area contributed by atoms with Crippen LogP contribution in [0.1, 0.15) is 19.3 Å². The van der Waals surface area contributed by atoms with Crippen molar-refractivity contribution in [3.8, 4) is 5.75 Å². The van der Waals surface area contributed by atoms with Crippen LogP contribution >= 0.6 is 11.6 Å². The number of rotatable bonds is 6. The summed E-state index contributed by atoms with van der Waals surface area (Å²) >= 11 is 6.13. The molecular weight excluding hydrogens is 350 g/mol. The predicted molar refractivity (Wildman–Crippen MR) is 102 cm³/mol. The molecule has 1 aromatic carbocycles. The summed E-state index contributed by atoms with van der Waals surface area (Å²) in [6.45, 7) is 2.73. The Balaban J connectivity index is 1.22. The SMILES string of the molecule is Clc1ccccc1OCCC1CC(C2CCN(c3cnccn3)C2)NN1. The molecule has 6 nitrogen and oxygen atoms in total. The zero-order chi connectivity index (χ0) is 17.8. The number of hydrazine groups is 1. The lowest BCUT2D eigenvalue weighted by Crippen LogP contribution is -2.38. The van der Waals surface area contributed by atoms with Gasteiger partial charge in [0, 0.05) is 37.6 Å². The summed E-state index contributed by atoms with van der Waals surface area (Å²) in [6.07, 6.45) is 8.57. The van der Waals surface area contributed by atoms with E-state index in [0.717, 1.165) is 37.5 Å². The molecule has 0 spiro atoms. The summed E-state index contributed by atoms with van der Waals surface area (Å²) in [7, 11) is 0. The number of halogens is 1. The highest BCUT2D eigenvalue weighted by Gasteiger charge is 2.35. The van der Waals surface area contributed by atoms with Crippen molar-refractivity contribution in [1.29, 1.82) is 0 Å². The highest BCUT2D eigenvalue weighted by atomic mass is 35.5. The Bertz CT molecular complexity index is 716. The average molecular weight is 374 g/mol. The van der Waals surface area contributed by atoms with E-state index in [1.165, 1.54) is 6.42 Å².